The molecule has 0 unspecified atom stereocenters. The van der Waals surface area contributed by atoms with Gasteiger partial charge in [0.1, 0.15) is 0 Å². The zero-order valence-electron chi connectivity index (χ0n) is 9.31. The molecule has 0 aromatic heterocycles. The van der Waals surface area contributed by atoms with Crippen molar-refractivity contribution < 1.29 is 4.79 Å². The molecule has 0 saturated heterocycles. The molecule has 2 rings (SSSR count). The number of hydrogen-bond acceptors (Lipinski definition) is 2. The molecule has 1 atom stereocenters. The molecule has 0 fully saturated rings. The standard InChI is InChI=1S/C13H12NO.Li/c14-13(9-15)8-10-5-6-11-3-1-2-4-12(11)7-10;/h1-7,13H,8,14H2;/t13-;/m0./s1. The molecule has 0 aliphatic heterocycles. The molecular formula is C13H12LiNO. The van der Waals surface area contributed by atoms with Gasteiger partial charge in [0.2, 0.25) is 0 Å². The predicted octanol–water partition coefficient (Wildman–Crippen LogP) is 1.40. The van der Waals surface area contributed by atoms with E-state index >= 15 is 0 Å². The second-order valence-corrected chi connectivity index (χ2v) is 4.10. The minimum absolute atomic E-state index is 0.0353. The van der Waals surface area contributed by atoms with Crippen molar-refractivity contribution in [1.29, 1.82) is 0 Å². The Hall–Kier alpha value is -1.07. The average Bonchev–Trinajstić information content (AvgIpc) is 2.28. The zero-order valence-corrected chi connectivity index (χ0v) is 9.31. The van der Waals surface area contributed by atoms with E-state index in [4.69, 9.17) is 5.73 Å². The van der Waals surface area contributed by atoms with Crippen LogP contribution < -0.4 is 5.73 Å². The third kappa shape index (κ3) is 2.54. The zero-order chi connectivity index (χ0) is 11.5. The van der Waals surface area contributed by atoms with Crippen molar-refractivity contribution in [3.05, 3.63) is 48.0 Å². The van der Waals surface area contributed by atoms with Crippen LogP contribution in [-0.4, -0.2) is 28.2 Å². The first-order chi connectivity index (χ1) is 7.66. The monoisotopic (exact) mass is 205 g/mol. The molecule has 2 nitrogen and oxygen atoms in total. The van der Waals surface area contributed by atoms with Crippen molar-refractivity contribution in [2.45, 2.75) is 12.5 Å². The van der Waals surface area contributed by atoms with Gasteiger partial charge in [-0.15, -0.1) is 0 Å². The Kier molecular flexibility index (Phi) is 3.45. The topological polar surface area (TPSA) is 43.1 Å². The summed E-state index contributed by atoms with van der Waals surface area (Å²) >= 11 is 1.53. The van der Waals surface area contributed by atoms with Crippen LogP contribution in [-0.2, 0) is 11.2 Å². The van der Waals surface area contributed by atoms with Gasteiger partial charge in [-0.1, -0.05) is 0 Å². The average molecular weight is 205 g/mol. The van der Waals surface area contributed by atoms with Crippen molar-refractivity contribution >= 4 is 32.9 Å². The summed E-state index contributed by atoms with van der Waals surface area (Å²) in [5.41, 5.74) is 6.86. The molecule has 0 heterocycles. The molecule has 0 radical (unpaired) electrons. The molecule has 16 heavy (non-hydrogen) atoms. The van der Waals surface area contributed by atoms with Crippen molar-refractivity contribution in [1.82, 2.24) is 0 Å². The molecular weight excluding hydrogens is 193 g/mol. The molecule has 2 N–H and O–H groups in total. The van der Waals surface area contributed by atoms with Crippen LogP contribution in [0.5, 0.6) is 0 Å². The number of carbonyl (C=O) groups is 1. The van der Waals surface area contributed by atoms with E-state index in [1.165, 1.54) is 28.5 Å². The summed E-state index contributed by atoms with van der Waals surface area (Å²) in [5.74, 6) is 0. The van der Waals surface area contributed by atoms with Crippen LogP contribution in [0, 0.1) is 0 Å². The van der Waals surface area contributed by atoms with Crippen LogP contribution in [0.4, 0.5) is 0 Å². The van der Waals surface area contributed by atoms with Gasteiger partial charge in [0.05, 0.1) is 0 Å². The fraction of sp³-hybridized carbons (Fsp3) is 0.154. The third-order valence-electron chi connectivity index (χ3n) is 2.79. The van der Waals surface area contributed by atoms with E-state index in [9.17, 15) is 4.79 Å². The van der Waals surface area contributed by atoms with Crippen molar-refractivity contribution in [3.8, 4) is 0 Å². The van der Waals surface area contributed by atoms with Crippen LogP contribution in [0.15, 0.2) is 42.5 Å². The maximum atomic E-state index is 11.1. The first-order valence-electron chi connectivity index (χ1n) is 5.40. The summed E-state index contributed by atoms with van der Waals surface area (Å²) in [6.45, 7) is 0. The molecule has 76 valence electrons. The van der Waals surface area contributed by atoms with Gasteiger partial charge in [-0.25, -0.2) is 0 Å². The molecule has 3 heteroatoms. The van der Waals surface area contributed by atoms with E-state index in [0.29, 0.717) is 6.42 Å². The van der Waals surface area contributed by atoms with Crippen molar-refractivity contribution in [2.24, 2.45) is 5.73 Å². The van der Waals surface area contributed by atoms with Gasteiger partial charge in [0, 0.05) is 0 Å². The van der Waals surface area contributed by atoms with Gasteiger partial charge in [0.25, 0.3) is 0 Å². The Labute approximate surface area is 104 Å². The summed E-state index contributed by atoms with van der Waals surface area (Å²) in [6.07, 6.45) is 0.611. The van der Waals surface area contributed by atoms with Gasteiger partial charge in [0.15, 0.2) is 0 Å². The molecule has 2 aromatic carbocycles. The Morgan fingerprint density at radius 2 is 1.88 bits per heavy atom. The molecule has 0 saturated carbocycles. The molecule has 0 spiro atoms. The van der Waals surface area contributed by atoms with Crippen molar-refractivity contribution in [3.63, 3.8) is 0 Å². The molecule has 0 aliphatic carbocycles. The summed E-state index contributed by atoms with van der Waals surface area (Å²) in [4.78, 5) is 11.1. The number of hydrogen-bond donors (Lipinski definition) is 1. The fourth-order valence-electron chi connectivity index (χ4n) is 1.76. The van der Waals surface area contributed by atoms with Gasteiger partial charge < -0.3 is 0 Å². The van der Waals surface area contributed by atoms with Crippen molar-refractivity contribution in [2.75, 3.05) is 0 Å². The van der Waals surface area contributed by atoms with Gasteiger partial charge in [-0.3, -0.25) is 0 Å². The second-order valence-electron chi connectivity index (χ2n) is 4.10. The summed E-state index contributed by atoms with van der Waals surface area (Å²) in [7, 11) is 0. The first kappa shape index (κ1) is 11.4. The third-order valence-corrected chi connectivity index (χ3v) is 2.79. The first-order valence-corrected chi connectivity index (χ1v) is 5.40. The summed E-state index contributed by atoms with van der Waals surface area (Å²) in [6, 6.07) is 14.0. The number of benzene rings is 2. The van der Waals surface area contributed by atoms with Crippen LogP contribution >= 0.6 is 0 Å². The number of carbonyl (C=O) groups excluding carboxylic acids is 1. The van der Waals surface area contributed by atoms with E-state index in [0.717, 1.165) is 5.56 Å². The van der Waals surface area contributed by atoms with Crippen LogP contribution in [0.3, 0.4) is 0 Å². The number of fused-ring (bicyclic) bond motifs is 1. The Bertz CT molecular complexity index is 524. The normalized spacial score (nSPS) is 12.7. The molecule has 2 aromatic rings. The number of nitrogens with two attached hydrogens (primary N) is 1. The van der Waals surface area contributed by atoms with E-state index in [1.807, 2.05) is 18.2 Å². The van der Waals surface area contributed by atoms with Gasteiger partial charge in [-0.05, 0) is 0 Å². The number of rotatable bonds is 3. The Balaban J connectivity index is 2.29. The predicted molar refractivity (Wildman–Crippen MR) is 66.4 cm³/mol. The molecule has 0 aliphatic rings. The van der Waals surface area contributed by atoms with Gasteiger partial charge >= 0.3 is 104 Å². The molecule has 0 bridgehead atoms. The van der Waals surface area contributed by atoms with E-state index in [2.05, 4.69) is 24.3 Å². The fourth-order valence-corrected chi connectivity index (χ4v) is 1.76. The maximum absolute atomic E-state index is 11.1. The SMILES string of the molecule is [Li][C](=O)[C@@H](N)Cc1ccc2ccccc2c1. The molecule has 0 amide bonds. The Morgan fingerprint density at radius 1 is 1.19 bits per heavy atom. The quantitative estimate of drug-likeness (QED) is 0.770. The summed E-state index contributed by atoms with van der Waals surface area (Å²) < 4.78 is 0.0353. The second kappa shape index (κ2) is 4.84. The van der Waals surface area contributed by atoms with E-state index in [-0.39, 0.29) is 10.5 Å². The van der Waals surface area contributed by atoms with E-state index in [1.54, 1.807) is 0 Å². The van der Waals surface area contributed by atoms with Crippen LogP contribution in [0.1, 0.15) is 5.56 Å². The van der Waals surface area contributed by atoms with Crippen LogP contribution in [0.25, 0.3) is 10.8 Å². The van der Waals surface area contributed by atoms with Crippen LogP contribution in [0.2, 0.25) is 0 Å². The summed E-state index contributed by atoms with van der Waals surface area (Å²) in [5, 5.41) is 2.40. The van der Waals surface area contributed by atoms with E-state index < -0.39 is 0 Å². The minimum atomic E-state index is -0.388. The van der Waals surface area contributed by atoms with Gasteiger partial charge in [-0.2, -0.15) is 0 Å². The Morgan fingerprint density at radius 3 is 2.56 bits per heavy atom.